The monoisotopic (exact) mass is 274 g/mol. The van der Waals surface area contributed by atoms with Gasteiger partial charge in [-0.25, -0.2) is 9.48 Å². The number of carbonyl (C=O) groups is 1. The van der Waals surface area contributed by atoms with Crippen molar-refractivity contribution in [2.45, 2.75) is 13.8 Å². The van der Waals surface area contributed by atoms with Gasteiger partial charge in [-0.05, 0) is 26.0 Å². The standard InChI is InChI=1S/C14H14N2O4/c1-8-13(14(17)18)9(2)16(15-8)10-3-4-11-12(7-10)20-6-5-19-11/h3-4,7H,5-6H2,1-2H3,(H,17,18). The molecule has 2 heterocycles. The molecule has 3 rings (SSSR count). The van der Waals surface area contributed by atoms with Crippen LogP contribution in [0.4, 0.5) is 0 Å². The summed E-state index contributed by atoms with van der Waals surface area (Å²) in [5, 5.41) is 13.5. The highest BCUT2D eigenvalue weighted by atomic mass is 16.6. The van der Waals surface area contributed by atoms with Gasteiger partial charge in [0.1, 0.15) is 18.8 Å². The molecule has 0 spiro atoms. The van der Waals surface area contributed by atoms with Crippen molar-refractivity contribution < 1.29 is 19.4 Å². The number of nitrogens with zero attached hydrogens (tertiary/aromatic N) is 2. The predicted molar refractivity (Wildman–Crippen MR) is 71.0 cm³/mol. The molecule has 1 aliphatic heterocycles. The molecule has 0 saturated heterocycles. The summed E-state index contributed by atoms with van der Waals surface area (Å²) >= 11 is 0. The SMILES string of the molecule is Cc1nn(-c2ccc3c(c2)OCCO3)c(C)c1C(=O)O. The minimum atomic E-state index is -0.969. The number of benzene rings is 1. The van der Waals surface area contributed by atoms with Crippen LogP contribution >= 0.6 is 0 Å². The zero-order valence-electron chi connectivity index (χ0n) is 11.2. The van der Waals surface area contributed by atoms with Crippen LogP contribution in [0.2, 0.25) is 0 Å². The lowest BCUT2D eigenvalue weighted by atomic mass is 10.2. The van der Waals surface area contributed by atoms with Gasteiger partial charge >= 0.3 is 5.97 Å². The highest BCUT2D eigenvalue weighted by Crippen LogP contribution is 2.32. The Balaban J connectivity index is 2.10. The first kappa shape index (κ1) is 12.5. The van der Waals surface area contributed by atoms with Crippen molar-refractivity contribution in [3.63, 3.8) is 0 Å². The summed E-state index contributed by atoms with van der Waals surface area (Å²) in [6.07, 6.45) is 0. The van der Waals surface area contributed by atoms with Crippen molar-refractivity contribution >= 4 is 5.97 Å². The summed E-state index contributed by atoms with van der Waals surface area (Å²) in [6, 6.07) is 5.44. The van der Waals surface area contributed by atoms with E-state index in [1.807, 2.05) is 6.07 Å². The largest absolute Gasteiger partial charge is 0.486 e. The van der Waals surface area contributed by atoms with Crippen LogP contribution in [0.25, 0.3) is 5.69 Å². The smallest absolute Gasteiger partial charge is 0.339 e. The average Bonchev–Trinajstić information content (AvgIpc) is 2.73. The van der Waals surface area contributed by atoms with E-state index in [4.69, 9.17) is 9.47 Å². The molecule has 0 aliphatic carbocycles. The molecular formula is C14H14N2O4. The fraction of sp³-hybridized carbons (Fsp3) is 0.286. The lowest BCUT2D eigenvalue weighted by Crippen LogP contribution is -2.15. The molecule has 0 radical (unpaired) electrons. The second kappa shape index (κ2) is 4.56. The zero-order valence-corrected chi connectivity index (χ0v) is 11.2. The topological polar surface area (TPSA) is 73.6 Å². The maximum atomic E-state index is 11.2. The Morgan fingerprint density at radius 2 is 1.95 bits per heavy atom. The van der Waals surface area contributed by atoms with E-state index in [0.29, 0.717) is 36.1 Å². The highest BCUT2D eigenvalue weighted by molar-refractivity contribution is 5.90. The van der Waals surface area contributed by atoms with Crippen LogP contribution in [0, 0.1) is 13.8 Å². The number of hydrogen-bond donors (Lipinski definition) is 1. The van der Waals surface area contributed by atoms with Crippen molar-refractivity contribution in [2.75, 3.05) is 13.2 Å². The average molecular weight is 274 g/mol. The van der Waals surface area contributed by atoms with Gasteiger partial charge in [-0.1, -0.05) is 0 Å². The van der Waals surface area contributed by atoms with Crippen LogP contribution in [0.15, 0.2) is 18.2 Å². The molecular weight excluding hydrogens is 260 g/mol. The second-order valence-corrected chi connectivity index (χ2v) is 4.59. The van der Waals surface area contributed by atoms with E-state index in [9.17, 15) is 9.90 Å². The summed E-state index contributed by atoms with van der Waals surface area (Å²) in [5.41, 5.74) is 2.07. The minimum Gasteiger partial charge on any atom is -0.486 e. The number of ether oxygens (including phenoxy) is 2. The maximum absolute atomic E-state index is 11.2. The summed E-state index contributed by atoms with van der Waals surface area (Å²) in [7, 11) is 0. The molecule has 0 amide bonds. The van der Waals surface area contributed by atoms with E-state index in [1.54, 1.807) is 30.7 Å². The summed E-state index contributed by atoms with van der Waals surface area (Å²) in [5.74, 6) is 0.377. The van der Waals surface area contributed by atoms with Crippen molar-refractivity contribution in [2.24, 2.45) is 0 Å². The second-order valence-electron chi connectivity index (χ2n) is 4.59. The number of fused-ring (bicyclic) bond motifs is 1. The molecule has 0 saturated carbocycles. The van der Waals surface area contributed by atoms with Crippen molar-refractivity contribution in [3.8, 4) is 17.2 Å². The van der Waals surface area contributed by atoms with Crippen molar-refractivity contribution in [3.05, 3.63) is 35.2 Å². The first-order chi connectivity index (χ1) is 9.58. The van der Waals surface area contributed by atoms with E-state index >= 15 is 0 Å². The molecule has 0 unspecified atom stereocenters. The number of carboxylic acids is 1. The molecule has 1 aromatic heterocycles. The van der Waals surface area contributed by atoms with Crippen LogP contribution in [0.1, 0.15) is 21.7 Å². The third kappa shape index (κ3) is 1.89. The van der Waals surface area contributed by atoms with Crippen molar-refractivity contribution in [1.82, 2.24) is 9.78 Å². The van der Waals surface area contributed by atoms with Crippen LogP contribution in [0.3, 0.4) is 0 Å². The molecule has 104 valence electrons. The summed E-state index contributed by atoms with van der Waals surface area (Å²) < 4.78 is 12.6. The molecule has 0 fully saturated rings. The molecule has 0 bridgehead atoms. The van der Waals surface area contributed by atoms with E-state index in [-0.39, 0.29) is 5.56 Å². The van der Waals surface area contributed by atoms with Gasteiger partial charge in [0.25, 0.3) is 0 Å². The van der Waals surface area contributed by atoms with Gasteiger partial charge in [0.15, 0.2) is 11.5 Å². The predicted octanol–water partition coefficient (Wildman–Crippen LogP) is 1.96. The Kier molecular flexibility index (Phi) is 2.85. The van der Waals surface area contributed by atoms with Gasteiger partial charge < -0.3 is 14.6 Å². The lowest BCUT2D eigenvalue weighted by molar-refractivity contribution is 0.0695. The van der Waals surface area contributed by atoms with Gasteiger partial charge in [-0.15, -0.1) is 0 Å². The first-order valence-electron chi connectivity index (χ1n) is 6.27. The third-order valence-corrected chi connectivity index (χ3v) is 3.28. The van der Waals surface area contributed by atoms with Gasteiger partial charge in [0.05, 0.1) is 17.1 Å². The maximum Gasteiger partial charge on any atom is 0.339 e. The lowest BCUT2D eigenvalue weighted by Gasteiger charge is -2.19. The van der Waals surface area contributed by atoms with E-state index in [0.717, 1.165) is 5.69 Å². The number of hydrogen-bond acceptors (Lipinski definition) is 4. The Morgan fingerprint density at radius 3 is 2.60 bits per heavy atom. The molecule has 1 N–H and O–H groups in total. The van der Waals surface area contributed by atoms with Gasteiger partial charge in [-0.3, -0.25) is 0 Å². The van der Waals surface area contributed by atoms with Crippen LogP contribution in [-0.4, -0.2) is 34.1 Å². The van der Waals surface area contributed by atoms with Gasteiger partial charge in [-0.2, -0.15) is 5.10 Å². The quantitative estimate of drug-likeness (QED) is 0.906. The Bertz CT molecular complexity index is 691. The van der Waals surface area contributed by atoms with Crippen LogP contribution in [-0.2, 0) is 0 Å². The van der Waals surface area contributed by atoms with Crippen molar-refractivity contribution in [1.29, 1.82) is 0 Å². The normalized spacial score (nSPS) is 13.3. The molecule has 2 aromatic rings. The third-order valence-electron chi connectivity index (χ3n) is 3.28. The molecule has 6 heteroatoms. The summed E-state index contributed by atoms with van der Waals surface area (Å²) in [4.78, 5) is 11.2. The fourth-order valence-electron chi connectivity index (χ4n) is 2.37. The fourth-order valence-corrected chi connectivity index (χ4v) is 2.37. The summed E-state index contributed by atoms with van der Waals surface area (Å²) in [6.45, 7) is 4.47. The Labute approximate surface area is 115 Å². The van der Waals surface area contributed by atoms with Crippen LogP contribution in [0.5, 0.6) is 11.5 Å². The molecule has 20 heavy (non-hydrogen) atoms. The van der Waals surface area contributed by atoms with E-state index in [1.165, 1.54) is 0 Å². The van der Waals surface area contributed by atoms with E-state index in [2.05, 4.69) is 5.10 Å². The molecule has 1 aliphatic rings. The van der Waals surface area contributed by atoms with Gasteiger partial charge in [0.2, 0.25) is 0 Å². The number of aromatic carboxylic acids is 1. The Hall–Kier alpha value is -2.50. The molecule has 0 atom stereocenters. The molecule has 6 nitrogen and oxygen atoms in total. The Morgan fingerprint density at radius 1 is 1.25 bits per heavy atom. The number of rotatable bonds is 2. The van der Waals surface area contributed by atoms with Gasteiger partial charge in [0, 0.05) is 6.07 Å². The first-order valence-corrected chi connectivity index (χ1v) is 6.27. The number of carboxylic acid groups (broad SMARTS) is 1. The zero-order chi connectivity index (χ0) is 14.3. The number of aryl methyl sites for hydroxylation is 1. The molecule has 1 aromatic carbocycles. The number of aromatic nitrogens is 2. The van der Waals surface area contributed by atoms with Crippen LogP contribution < -0.4 is 9.47 Å². The van der Waals surface area contributed by atoms with E-state index < -0.39 is 5.97 Å². The highest BCUT2D eigenvalue weighted by Gasteiger charge is 2.20. The minimum absolute atomic E-state index is 0.236.